The zero-order chi connectivity index (χ0) is 15.3. The van der Waals surface area contributed by atoms with E-state index in [2.05, 4.69) is 26.1 Å². The van der Waals surface area contributed by atoms with Crippen LogP contribution in [0.1, 0.15) is 40.5 Å². The summed E-state index contributed by atoms with van der Waals surface area (Å²) in [5.41, 5.74) is -0.0722. The molecule has 20 heavy (non-hydrogen) atoms. The van der Waals surface area contributed by atoms with Crippen LogP contribution in [0.5, 0.6) is 0 Å². The fourth-order valence-corrected chi connectivity index (χ4v) is 1.45. The molecule has 0 heterocycles. The second-order valence-corrected chi connectivity index (χ2v) is 6.11. The first kappa shape index (κ1) is 20.1. The maximum Gasteiger partial charge on any atom is 0.0701 e. The lowest BCUT2D eigenvalue weighted by atomic mass is 10.0. The Morgan fingerprint density at radius 1 is 0.950 bits per heavy atom. The summed E-state index contributed by atoms with van der Waals surface area (Å²) in [6, 6.07) is 0. The van der Waals surface area contributed by atoms with E-state index in [-0.39, 0.29) is 10.9 Å². The predicted molar refractivity (Wildman–Crippen MR) is 84.8 cm³/mol. The molecule has 5 heteroatoms. The van der Waals surface area contributed by atoms with Gasteiger partial charge in [0.1, 0.15) is 0 Å². The Kier molecular flexibility index (Phi) is 12.9. The van der Waals surface area contributed by atoms with Crippen molar-refractivity contribution in [2.24, 2.45) is 0 Å². The Morgan fingerprint density at radius 2 is 1.45 bits per heavy atom. The molecular formula is C15H32ClNO3. The van der Waals surface area contributed by atoms with Crippen LogP contribution in [0.3, 0.4) is 0 Å². The molecule has 1 atom stereocenters. The zero-order valence-corrected chi connectivity index (χ0v) is 14.3. The minimum atomic E-state index is -0.0722. The minimum absolute atomic E-state index is 0.0722. The summed E-state index contributed by atoms with van der Waals surface area (Å²) in [4.78, 5) is 0. The van der Waals surface area contributed by atoms with Crippen molar-refractivity contribution in [3.8, 4) is 0 Å². The van der Waals surface area contributed by atoms with Gasteiger partial charge in [0.25, 0.3) is 0 Å². The molecule has 0 fully saturated rings. The highest BCUT2D eigenvalue weighted by Crippen LogP contribution is 2.13. The molecule has 0 aromatic heterocycles. The lowest BCUT2D eigenvalue weighted by Crippen LogP contribution is -2.47. The molecule has 0 saturated carbocycles. The van der Waals surface area contributed by atoms with Crippen molar-refractivity contribution in [2.75, 3.05) is 46.2 Å². The van der Waals surface area contributed by atoms with Gasteiger partial charge in [0.2, 0.25) is 0 Å². The van der Waals surface area contributed by atoms with Crippen LogP contribution < -0.4 is 5.32 Å². The predicted octanol–water partition coefficient (Wildman–Crippen LogP) is 2.83. The molecule has 1 unspecified atom stereocenters. The first-order valence-corrected chi connectivity index (χ1v) is 8.06. The zero-order valence-electron chi connectivity index (χ0n) is 13.5. The third-order valence-electron chi connectivity index (χ3n) is 3.21. The molecule has 0 rings (SSSR count). The lowest BCUT2D eigenvalue weighted by molar-refractivity contribution is 0.0140. The normalized spacial score (nSPS) is 13.7. The second-order valence-electron chi connectivity index (χ2n) is 5.46. The van der Waals surface area contributed by atoms with Crippen molar-refractivity contribution >= 4 is 11.6 Å². The first-order valence-electron chi connectivity index (χ1n) is 7.63. The van der Waals surface area contributed by atoms with Crippen molar-refractivity contribution in [1.29, 1.82) is 0 Å². The van der Waals surface area contributed by atoms with Gasteiger partial charge in [0.05, 0.1) is 33.0 Å². The summed E-state index contributed by atoms with van der Waals surface area (Å²) < 4.78 is 16.3. The fourth-order valence-electron chi connectivity index (χ4n) is 1.37. The molecule has 0 bridgehead atoms. The molecular weight excluding hydrogens is 278 g/mol. The molecule has 0 amide bonds. The Labute approximate surface area is 129 Å². The molecule has 0 aliphatic rings. The van der Waals surface area contributed by atoms with Gasteiger partial charge >= 0.3 is 0 Å². The summed E-state index contributed by atoms with van der Waals surface area (Å²) in [5.74, 6) is 0. The van der Waals surface area contributed by atoms with E-state index in [1.54, 1.807) is 0 Å². The van der Waals surface area contributed by atoms with Gasteiger partial charge in [-0.1, -0.05) is 13.3 Å². The fraction of sp³-hybridized carbons (Fsp3) is 1.00. The molecule has 0 aromatic rings. The second kappa shape index (κ2) is 12.8. The Hall–Kier alpha value is 0.130. The monoisotopic (exact) mass is 309 g/mol. The highest BCUT2D eigenvalue weighted by atomic mass is 35.5. The lowest BCUT2D eigenvalue weighted by Gasteiger charge is -2.29. The Balaban J connectivity index is 3.17. The van der Waals surface area contributed by atoms with Crippen LogP contribution in [0.2, 0.25) is 0 Å². The first-order chi connectivity index (χ1) is 9.50. The highest BCUT2D eigenvalue weighted by Gasteiger charge is 2.22. The van der Waals surface area contributed by atoms with Gasteiger partial charge in [-0.05, 0) is 27.2 Å². The van der Waals surface area contributed by atoms with Crippen LogP contribution >= 0.6 is 11.6 Å². The smallest absolute Gasteiger partial charge is 0.0701 e. The summed E-state index contributed by atoms with van der Waals surface area (Å²) >= 11 is 6.08. The molecule has 0 spiro atoms. The van der Waals surface area contributed by atoms with E-state index in [0.717, 1.165) is 19.6 Å². The van der Waals surface area contributed by atoms with E-state index in [0.29, 0.717) is 33.0 Å². The Morgan fingerprint density at radius 3 is 1.95 bits per heavy atom. The van der Waals surface area contributed by atoms with E-state index >= 15 is 0 Å². The van der Waals surface area contributed by atoms with Gasteiger partial charge in [-0.15, -0.1) is 11.6 Å². The number of unbranched alkanes of at least 4 members (excludes halogenated alkanes) is 1. The topological polar surface area (TPSA) is 39.7 Å². The Bertz CT molecular complexity index is 213. The van der Waals surface area contributed by atoms with Crippen molar-refractivity contribution in [3.05, 3.63) is 0 Å². The number of rotatable bonds is 14. The number of hydrogen-bond donors (Lipinski definition) is 1. The third kappa shape index (κ3) is 11.9. The van der Waals surface area contributed by atoms with Gasteiger partial charge in [-0.25, -0.2) is 0 Å². The van der Waals surface area contributed by atoms with Crippen molar-refractivity contribution in [2.45, 2.75) is 51.5 Å². The van der Waals surface area contributed by atoms with E-state index in [4.69, 9.17) is 25.8 Å². The molecule has 0 aliphatic carbocycles. The van der Waals surface area contributed by atoms with Crippen molar-refractivity contribution < 1.29 is 14.2 Å². The van der Waals surface area contributed by atoms with Crippen LogP contribution in [-0.4, -0.2) is 57.1 Å². The standard InChI is InChI=1S/C15H32ClNO3/c1-5-6-8-18-10-12-20-13-11-19-9-7-17-15(3,4)14(2)16/h14,17H,5-13H2,1-4H3. The number of hydrogen-bond acceptors (Lipinski definition) is 4. The molecule has 0 radical (unpaired) electrons. The maximum absolute atomic E-state index is 6.08. The van der Waals surface area contributed by atoms with Crippen molar-refractivity contribution in [1.82, 2.24) is 5.32 Å². The summed E-state index contributed by atoms with van der Waals surface area (Å²) in [6.45, 7) is 13.2. The summed E-state index contributed by atoms with van der Waals surface area (Å²) in [5, 5.41) is 3.45. The molecule has 0 aliphatic heterocycles. The molecule has 122 valence electrons. The highest BCUT2D eigenvalue weighted by molar-refractivity contribution is 6.21. The van der Waals surface area contributed by atoms with E-state index in [9.17, 15) is 0 Å². The molecule has 1 N–H and O–H groups in total. The van der Waals surface area contributed by atoms with Gasteiger partial charge < -0.3 is 19.5 Å². The largest absolute Gasteiger partial charge is 0.379 e. The summed E-state index contributed by atoms with van der Waals surface area (Å²) in [6.07, 6.45) is 2.29. The molecule has 0 aromatic carbocycles. The summed E-state index contributed by atoms with van der Waals surface area (Å²) in [7, 11) is 0. The van der Waals surface area contributed by atoms with Crippen LogP contribution in [-0.2, 0) is 14.2 Å². The van der Waals surface area contributed by atoms with Crippen LogP contribution in [0.15, 0.2) is 0 Å². The number of halogens is 1. The van der Waals surface area contributed by atoms with Crippen LogP contribution in [0, 0.1) is 0 Å². The SMILES string of the molecule is CCCCOCCOCCOCCNC(C)(C)C(C)Cl. The van der Waals surface area contributed by atoms with E-state index in [1.807, 2.05) is 6.92 Å². The average Bonchev–Trinajstić information content (AvgIpc) is 2.39. The number of alkyl halides is 1. The van der Waals surface area contributed by atoms with Gasteiger partial charge in [0.15, 0.2) is 0 Å². The third-order valence-corrected chi connectivity index (χ3v) is 3.75. The quantitative estimate of drug-likeness (QED) is 0.396. The molecule has 4 nitrogen and oxygen atoms in total. The van der Waals surface area contributed by atoms with Crippen LogP contribution in [0.25, 0.3) is 0 Å². The van der Waals surface area contributed by atoms with Crippen molar-refractivity contribution in [3.63, 3.8) is 0 Å². The number of ether oxygens (including phenoxy) is 3. The molecule has 0 saturated heterocycles. The average molecular weight is 310 g/mol. The minimum Gasteiger partial charge on any atom is -0.379 e. The van der Waals surface area contributed by atoms with E-state index in [1.165, 1.54) is 6.42 Å². The van der Waals surface area contributed by atoms with Gasteiger partial charge in [-0.3, -0.25) is 0 Å². The van der Waals surface area contributed by atoms with Gasteiger partial charge in [0, 0.05) is 24.1 Å². The van der Waals surface area contributed by atoms with Crippen LogP contribution in [0.4, 0.5) is 0 Å². The number of nitrogens with one attached hydrogen (secondary N) is 1. The van der Waals surface area contributed by atoms with E-state index < -0.39 is 0 Å². The maximum atomic E-state index is 6.08. The van der Waals surface area contributed by atoms with Gasteiger partial charge in [-0.2, -0.15) is 0 Å².